The van der Waals surface area contributed by atoms with Crippen LogP contribution in [0.15, 0.2) is 12.1 Å². The first kappa shape index (κ1) is 14.9. The number of hydrogen-bond donors (Lipinski definition) is 1. The molecule has 0 amide bonds. The molecule has 0 aliphatic heterocycles. The van der Waals surface area contributed by atoms with Crippen LogP contribution >= 0.6 is 23.4 Å². The first-order valence-corrected chi connectivity index (χ1v) is 6.66. The van der Waals surface area contributed by atoms with E-state index in [2.05, 4.69) is 4.74 Å². The van der Waals surface area contributed by atoms with Gasteiger partial charge in [-0.05, 0) is 19.1 Å². The van der Waals surface area contributed by atoms with Crippen LogP contribution in [-0.4, -0.2) is 29.7 Å². The summed E-state index contributed by atoms with van der Waals surface area (Å²) in [7, 11) is 1.31. The topological polar surface area (TPSA) is 63.6 Å². The maximum Gasteiger partial charge on any atom is 0.315 e. The number of ether oxygens (including phenoxy) is 1. The second-order valence-electron chi connectivity index (χ2n) is 3.59. The molecule has 0 heterocycles. The summed E-state index contributed by atoms with van der Waals surface area (Å²) < 4.78 is 4.50. The lowest BCUT2D eigenvalue weighted by molar-refractivity contribution is -0.137. The van der Waals surface area contributed by atoms with E-state index in [1.165, 1.54) is 31.9 Å². The van der Waals surface area contributed by atoms with Gasteiger partial charge >= 0.3 is 5.97 Å². The smallest absolute Gasteiger partial charge is 0.315 e. The molecular formula is C12H13ClO4S. The minimum atomic E-state index is -0.340. The summed E-state index contributed by atoms with van der Waals surface area (Å²) in [5.74, 6) is -0.119. The summed E-state index contributed by atoms with van der Waals surface area (Å²) >= 11 is 7.15. The van der Waals surface area contributed by atoms with Crippen molar-refractivity contribution in [3.63, 3.8) is 0 Å². The lowest BCUT2D eigenvalue weighted by Crippen LogP contribution is -2.03. The number of aromatic hydroxyl groups is 1. The number of methoxy groups -OCH3 is 1. The molecule has 0 atom stereocenters. The number of phenols is 1. The van der Waals surface area contributed by atoms with Crippen LogP contribution in [0.5, 0.6) is 5.75 Å². The van der Waals surface area contributed by atoms with Crippen molar-refractivity contribution in [3.8, 4) is 5.75 Å². The lowest BCUT2D eigenvalue weighted by atomic mass is 10.1. The minimum Gasteiger partial charge on any atom is -0.507 e. The van der Waals surface area contributed by atoms with Gasteiger partial charge < -0.3 is 9.84 Å². The van der Waals surface area contributed by atoms with Gasteiger partial charge in [0.25, 0.3) is 0 Å². The molecule has 4 nitrogen and oxygen atoms in total. The highest BCUT2D eigenvalue weighted by Gasteiger charge is 2.13. The predicted molar refractivity (Wildman–Crippen MR) is 71.3 cm³/mol. The molecule has 1 aromatic rings. The quantitative estimate of drug-likeness (QED) is 0.666. The SMILES string of the molecule is COC(=O)CSCc1cc(Cl)cc(C(C)=O)c1O. The zero-order valence-electron chi connectivity index (χ0n) is 10.0. The highest BCUT2D eigenvalue weighted by atomic mass is 35.5. The molecule has 1 rings (SSSR count). The van der Waals surface area contributed by atoms with Crippen LogP contribution < -0.4 is 0 Å². The molecular weight excluding hydrogens is 276 g/mol. The highest BCUT2D eigenvalue weighted by Crippen LogP contribution is 2.30. The molecule has 0 unspecified atom stereocenters. The minimum absolute atomic E-state index is 0.0794. The van der Waals surface area contributed by atoms with E-state index < -0.39 is 0 Å². The molecule has 0 aromatic heterocycles. The predicted octanol–water partition coefficient (Wildman–Crippen LogP) is 2.65. The first-order chi connectivity index (χ1) is 8.45. The standard InChI is InChI=1S/C12H13ClO4S/c1-7(14)10-4-9(13)3-8(12(10)16)5-18-6-11(15)17-2/h3-4,16H,5-6H2,1-2H3. The number of benzene rings is 1. The number of hydrogen-bond acceptors (Lipinski definition) is 5. The average Bonchev–Trinajstić information content (AvgIpc) is 2.32. The number of rotatable bonds is 5. The zero-order valence-corrected chi connectivity index (χ0v) is 11.6. The summed E-state index contributed by atoms with van der Waals surface area (Å²) in [5, 5.41) is 10.3. The molecule has 0 aliphatic carbocycles. The Bertz CT molecular complexity index is 473. The van der Waals surface area contributed by atoms with Crippen molar-refractivity contribution in [2.75, 3.05) is 12.9 Å². The van der Waals surface area contributed by atoms with Gasteiger partial charge in [0.1, 0.15) is 5.75 Å². The van der Waals surface area contributed by atoms with Crippen molar-refractivity contribution in [1.29, 1.82) is 0 Å². The van der Waals surface area contributed by atoms with Gasteiger partial charge in [-0.25, -0.2) is 0 Å². The normalized spacial score (nSPS) is 10.2. The van der Waals surface area contributed by atoms with Crippen LogP contribution in [0.1, 0.15) is 22.8 Å². The number of ketones is 1. The van der Waals surface area contributed by atoms with Crippen molar-refractivity contribution < 1.29 is 19.4 Å². The molecule has 18 heavy (non-hydrogen) atoms. The van der Waals surface area contributed by atoms with E-state index in [4.69, 9.17) is 11.6 Å². The van der Waals surface area contributed by atoms with Gasteiger partial charge in [-0.1, -0.05) is 11.6 Å². The van der Waals surface area contributed by atoms with Crippen LogP contribution in [0.2, 0.25) is 5.02 Å². The first-order valence-electron chi connectivity index (χ1n) is 5.12. The number of carbonyl (C=O) groups excluding carboxylic acids is 2. The molecule has 98 valence electrons. The number of thioether (sulfide) groups is 1. The molecule has 0 radical (unpaired) electrons. The number of esters is 1. The second kappa shape index (κ2) is 6.66. The van der Waals surface area contributed by atoms with E-state index in [1.807, 2.05) is 0 Å². The highest BCUT2D eigenvalue weighted by molar-refractivity contribution is 7.99. The third-order valence-corrected chi connectivity index (χ3v) is 3.41. The number of carbonyl (C=O) groups is 2. The number of Topliss-reactive ketones (excluding diaryl/α,β-unsaturated/α-hetero) is 1. The fourth-order valence-electron chi connectivity index (χ4n) is 1.34. The summed E-state index contributed by atoms with van der Waals surface area (Å²) in [5.41, 5.74) is 0.720. The van der Waals surface area contributed by atoms with Gasteiger partial charge in [0.2, 0.25) is 0 Å². The Balaban J connectivity index is 2.82. The fraction of sp³-hybridized carbons (Fsp3) is 0.333. The van der Waals surface area contributed by atoms with Gasteiger partial charge in [0.15, 0.2) is 5.78 Å². The lowest BCUT2D eigenvalue weighted by Gasteiger charge is -2.08. The van der Waals surface area contributed by atoms with Gasteiger partial charge in [0.05, 0.1) is 18.4 Å². The van der Waals surface area contributed by atoms with E-state index in [-0.39, 0.29) is 28.8 Å². The fourth-order valence-corrected chi connectivity index (χ4v) is 2.40. The summed E-state index contributed by atoms with van der Waals surface area (Å²) in [6.07, 6.45) is 0. The van der Waals surface area contributed by atoms with E-state index >= 15 is 0 Å². The van der Waals surface area contributed by atoms with Crippen LogP contribution in [0, 0.1) is 0 Å². The third-order valence-electron chi connectivity index (χ3n) is 2.24. The largest absolute Gasteiger partial charge is 0.507 e. The Morgan fingerprint density at radius 1 is 1.44 bits per heavy atom. The maximum absolute atomic E-state index is 11.3. The van der Waals surface area contributed by atoms with Crippen LogP contribution in [0.25, 0.3) is 0 Å². The Labute approximate surface area is 114 Å². The molecule has 0 saturated carbocycles. The van der Waals surface area contributed by atoms with Crippen LogP contribution in [0.3, 0.4) is 0 Å². The maximum atomic E-state index is 11.3. The Morgan fingerprint density at radius 3 is 2.67 bits per heavy atom. The van der Waals surface area contributed by atoms with Crippen molar-refractivity contribution in [1.82, 2.24) is 0 Å². The molecule has 0 aliphatic rings. The average molecular weight is 289 g/mol. The van der Waals surface area contributed by atoms with Crippen molar-refractivity contribution >= 4 is 35.1 Å². The number of halogens is 1. The van der Waals surface area contributed by atoms with Crippen molar-refractivity contribution in [2.24, 2.45) is 0 Å². The van der Waals surface area contributed by atoms with Gasteiger partial charge in [-0.2, -0.15) is 0 Å². The molecule has 0 saturated heterocycles. The van der Waals surface area contributed by atoms with Crippen LogP contribution in [0.4, 0.5) is 0 Å². The third kappa shape index (κ3) is 3.92. The van der Waals surface area contributed by atoms with E-state index in [9.17, 15) is 14.7 Å². The van der Waals surface area contributed by atoms with E-state index in [0.29, 0.717) is 16.3 Å². The van der Waals surface area contributed by atoms with E-state index in [0.717, 1.165) is 0 Å². The van der Waals surface area contributed by atoms with E-state index in [1.54, 1.807) is 6.07 Å². The molecule has 0 fully saturated rings. The monoisotopic (exact) mass is 288 g/mol. The molecule has 6 heteroatoms. The second-order valence-corrected chi connectivity index (χ2v) is 5.01. The van der Waals surface area contributed by atoms with Gasteiger partial charge in [-0.15, -0.1) is 11.8 Å². The molecule has 1 N–H and O–H groups in total. The molecule has 1 aromatic carbocycles. The van der Waals surface area contributed by atoms with Gasteiger partial charge in [0, 0.05) is 16.3 Å². The molecule has 0 bridgehead atoms. The Morgan fingerprint density at radius 2 is 2.11 bits per heavy atom. The number of phenolic OH excluding ortho intramolecular Hbond substituents is 1. The molecule has 0 spiro atoms. The zero-order chi connectivity index (χ0) is 13.7. The Hall–Kier alpha value is -1.20. The summed E-state index contributed by atoms with van der Waals surface area (Å²) in [6.45, 7) is 1.36. The van der Waals surface area contributed by atoms with Crippen LogP contribution in [-0.2, 0) is 15.3 Å². The van der Waals surface area contributed by atoms with Crippen molar-refractivity contribution in [2.45, 2.75) is 12.7 Å². The summed E-state index contributed by atoms with van der Waals surface area (Å²) in [6, 6.07) is 3.00. The Kier molecular flexibility index (Phi) is 5.50. The van der Waals surface area contributed by atoms with Gasteiger partial charge in [-0.3, -0.25) is 9.59 Å². The van der Waals surface area contributed by atoms with Crippen molar-refractivity contribution in [3.05, 3.63) is 28.3 Å². The summed E-state index contributed by atoms with van der Waals surface area (Å²) in [4.78, 5) is 22.2.